The fourth-order valence-corrected chi connectivity index (χ4v) is 4.03. The molecular formula is C19H28Cl2N4OS. The monoisotopic (exact) mass is 430 g/mol. The van der Waals surface area contributed by atoms with Gasteiger partial charge in [-0.25, -0.2) is 4.98 Å². The summed E-state index contributed by atoms with van der Waals surface area (Å²) in [6, 6.07) is 9.59. The number of hydrogen-bond donors (Lipinski definition) is 1. The highest BCUT2D eigenvalue weighted by Gasteiger charge is 2.29. The lowest BCUT2D eigenvalue weighted by Gasteiger charge is -2.36. The van der Waals surface area contributed by atoms with Crippen molar-refractivity contribution in [2.75, 3.05) is 31.1 Å². The number of carbonyl (C=O) groups excluding carboxylic acids is 1. The van der Waals surface area contributed by atoms with Crippen molar-refractivity contribution in [2.24, 2.45) is 11.7 Å². The molecule has 150 valence electrons. The molecule has 27 heavy (non-hydrogen) atoms. The molecule has 1 amide bonds. The van der Waals surface area contributed by atoms with Gasteiger partial charge in [-0.05, 0) is 12.0 Å². The van der Waals surface area contributed by atoms with Gasteiger partial charge in [0.1, 0.15) is 0 Å². The van der Waals surface area contributed by atoms with Gasteiger partial charge >= 0.3 is 0 Å². The van der Waals surface area contributed by atoms with Gasteiger partial charge in [-0.3, -0.25) is 4.79 Å². The molecule has 1 fully saturated rings. The molecule has 1 aliphatic rings. The Kier molecular flexibility index (Phi) is 9.53. The van der Waals surface area contributed by atoms with Crippen molar-refractivity contribution in [1.29, 1.82) is 0 Å². The number of thiazole rings is 1. The van der Waals surface area contributed by atoms with Crippen molar-refractivity contribution in [1.82, 2.24) is 9.88 Å². The van der Waals surface area contributed by atoms with Gasteiger partial charge in [0.15, 0.2) is 5.13 Å². The number of halogens is 2. The number of aromatic nitrogens is 1. The molecule has 3 rings (SSSR count). The van der Waals surface area contributed by atoms with Crippen molar-refractivity contribution in [3.63, 3.8) is 0 Å². The first-order chi connectivity index (χ1) is 12.1. The van der Waals surface area contributed by atoms with E-state index in [0.717, 1.165) is 43.3 Å². The molecule has 2 atom stereocenters. The van der Waals surface area contributed by atoms with Crippen LogP contribution in [0.3, 0.4) is 0 Å². The Morgan fingerprint density at radius 1 is 1.19 bits per heavy atom. The summed E-state index contributed by atoms with van der Waals surface area (Å²) >= 11 is 1.75. The Morgan fingerprint density at radius 2 is 1.81 bits per heavy atom. The zero-order chi connectivity index (χ0) is 17.8. The van der Waals surface area contributed by atoms with Gasteiger partial charge in [0.2, 0.25) is 5.91 Å². The Balaban J connectivity index is 0.00000182. The summed E-state index contributed by atoms with van der Waals surface area (Å²) in [5.74, 6) is -0.0788. The average molecular weight is 431 g/mol. The molecule has 1 saturated heterocycles. The molecule has 1 aromatic carbocycles. The van der Waals surface area contributed by atoms with Crippen molar-refractivity contribution in [3.8, 4) is 0 Å². The lowest BCUT2D eigenvalue weighted by molar-refractivity contribution is -0.136. The van der Waals surface area contributed by atoms with Crippen molar-refractivity contribution < 1.29 is 4.79 Å². The highest BCUT2D eigenvalue weighted by atomic mass is 35.5. The normalized spacial score (nSPS) is 16.1. The number of hydrogen-bond acceptors (Lipinski definition) is 5. The van der Waals surface area contributed by atoms with E-state index in [4.69, 9.17) is 5.73 Å². The first-order valence-corrected chi connectivity index (χ1v) is 9.70. The Bertz CT molecular complexity index is 705. The quantitative estimate of drug-likeness (QED) is 0.787. The van der Waals surface area contributed by atoms with Crippen molar-refractivity contribution >= 4 is 47.2 Å². The highest BCUT2D eigenvalue weighted by Crippen LogP contribution is 2.25. The van der Waals surface area contributed by atoms with Gasteiger partial charge in [0.05, 0.1) is 5.92 Å². The fraction of sp³-hybridized carbons (Fsp3) is 0.474. The summed E-state index contributed by atoms with van der Waals surface area (Å²) in [5.41, 5.74) is 7.33. The minimum absolute atomic E-state index is 0. The summed E-state index contributed by atoms with van der Waals surface area (Å²) < 4.78 is 0. The highest BCUT2D eigenvalue weighted by molar-refractivity contribution is 7.15. The maximum atomic E-state index is 12.8. The number of amides is 1. The van der Waals surface area contributed by atoms with Crippen LogP contribution < -0.4 is 10.6 Å². The predicted molar refractivity (Wildman–Crippen MR) is 117 cm³/mol. The second-order valence-electron chi connectivity index (χ2n) is 6.50. The van der Waals surface area contributed by atoms with E-state index < -0.39 is 0 Å². The Labute approximate surface area is 177 Å². The average Bonchev–Trinajstić information content (AvgIpc) is 3.16. The van der Waals surface area contributed by atoms with Gasteiger partial charge in [0, 0.05) is 43.3 Å². The molecule has 0 spiro atoms. The molecule has 2 unspecified atom stereocenters. The third-order valence-electron chi connectivity index (χ3n) is 4.86. The zero-order valence-electron chi connectivity index (χ0n) is 15.7. The van der Waals surface area contributed by atoms with E-state index in [9.17, 15) is 4.79 Å². The number of piperazine rings is 1. The van der Waals surface area contributed by atoms with Crippen LogP contribution in [0.1, 0.15) is 30.3 Å². The number of nitrogens with zero attached hydrogens (tertiary/aromatic N) is 3. The van der Waals surface area contributed by atoms with Crippen LogP contribution >= 0.6 is 36.2 Å². The lowest BCUT2D eigenvalue weighted by Crippen LogP contribution is -2.51. The maximum absolute atomic E-state index is 12.8. The summed E-state index contributed by atoms with van der Waals surface area (Å²) in [4.78, 5) is 22.8. The largest absolute Gasteiger partial charge is 0.345 e. The molecule has 2 N–H and O–H groups in total. The molecule has 1 aromatic heterocycles. The summed E-state index contributed by atoms with van der Waals surface area (Å²) in [6.45, 7) is 7.19. The smallest absolute Gasteiger partial charge is 0.227 e. The number of anilines is 1. The molecule has 0 bridgehead atoms. The molecular weight excluding hydrogens is 403 g/mol. The van der Waals surface area contributed by atoms with E-state index in [1.54, 1.807) is 11.3 Å². The summed E-state index contributed by atoms with van der Waals surface area (Å²) in [6.07, 6.45) is 2.98. The van der Waals surface area contributed by atoms with Crippen LogP contribution in [0.25, 0.3) is 0 Å². The SMILES string of the molecule is CCc1cnc(N2CCN(C(=O)C(C)C(N)c3ccccc3)CC2)s1.Cl.Cl. The van der Waals surface area contributed by atoms with Crippen LogP contribution in [-0.4, -0.2) is 42.0 Å². The van der Waals surface area contributed by atoms with E-state index in [0.29, 0.717) is 0 Å². The van der Waals surface area contributed by atoms with E-state index in [-0.39, 0.29) is 42.7 Å². The van der Waals surface area contributed by atoms with Crippen LogP contribution in [0.2, 0.25) is 0 Å². The zero-order valence-corrected chi connectivity index (χ0v) is 18.2. The van der Waals surface area contributed by atoms with Crippen LogP contribution in [0.15, 0.2) is 36.5 Å². The topological polar surface area (TPSA) is 62.5 Å². The molecule has 1 aliphatic heterocycles. The third kappa shape index (κ3) is 5.57. The first-order valence-electron chi connectivity index (χ1n) is 8.89. The fourth-order valence-electron chi connectivity index (χ4n) is 3.13. The minimum Gasteiger partial charge on any atom is -0.345 e. The second-order valence-corrected chi connectivity index (χ2v) is 7.59. The van der Waals surface area contributed by atoms with Crippen LogP contribution in [0.4, 0.5) is 5.13 Å². The van der Waals surface area contributed by atoms with Gasteiger partial charge < -0.3 is 15.5 Å². The van der Waals surface area contributed by atoms with Gasteiger partial charge in [-0.2, -0.15) is 0 Å². The predicted octanol–water partition coefficient (Wildman–Crippen LogP) is 3.53. The van der Waals surface area contributed by atoms with Gasteiger partial charge in [0.25, 0.3) is 0 Å². The number of aryl methyl sites for hydroxylation is 1. The molecule has 2 heterocycles. The van der Waals surface area contributed by atoms with E-state index >= 15 is 0 Å². The van der Waals surface area contributed by atoms with E-state index in [2.05, 4.69) is 16.8 Å². The van der Waals surface area contributed by atoms with E-state index in [1.807, 2.05) is 48.4 Å². The van der Waals surface area contributed by atoms with Crippen molar-refractivity contribution in [3.05, 3.63) is 47.0 Å². The van der Waals surface area contributed by atoms with Crippen LogP contribution in [0.5, 0.6) is 0 Å². The second kappa shape index (κ2) is 10.9. The standard InChI is InChI=1S/C19H26N4OS.2ClH/c1-3-16-13-21-19(25-16)23-11-9-22(10-12-23)18(24)14(2)17(20)15-7-5-4-6-8-15;;/h4-8,13-14,17H,3,9-12,20H2,1-2H3;2*1H. The van der Waals surface area contributed by atoms with Crippen molar-refractivity contribution in [2.45, 2.75) is 26.3 Å². The van der Waals surface area contributed by atoms with E-state index in [1.165, 1.54) is 4.88 Å². The molecule has 5 nitrogen and oxygen atoms in total. The summed E-state index contributed by atoms with van der Waals surface area (Å²) in [5, 5.41) is 1.07. The Hall–Kier alpha value is -1.34. The molecule has 8 heteroatoms. The minimum atomic E-state index is -0.266. The van der Waals surface area contributed by atoms with Gasteiger partial charge in [-0.15, -0.1) is 36.2 Å². The summed E-state index contributed by atoms with van der Waals surface area (Å²) in [7, 11) is 0. The number of carbonyl (C=O) groups is 1. The maximum Gasteiger partial charge on any atom is 0.227 e. The molecule has 0 aliphatic carbocycles. The number of rotatable bonds is 5. The first kappa shape index (κ1) is 23.7. The Morgan fingerprint density at radius 3 is 2.37 bits per heavy atom. The lowest BCUT2D eigenvalue weighted by atomic mass is 9.94. The van der Waals surface area contributed by atoms with Crippen LogP contribution in [-0.2, 0) is 11.2 Å². The number of nitrogens with two attached hydrogens (primary N) is 1. The number of benzene rings is 1. The molecule has 2 aromatic rings. The van der Waals surface area contributed by atoms with Gasteiger partial charge in [-0.1, -0.05) is 44.2 Å². The molecule has 0 saturated carbocycles. The third-order valence-corrected chi connectivity index (χ3v) is 6.07. The van der Waals surface area contributed by atoms with Crippen LogP contribution in [0, 0.1) is 5.92 Å². The molecule has 0 radical (unpaired) electrons.